The van der Waals surface area contributed by atoms with Gasteiger partial charge in [0.25, 0.3) is 0 Å². The summed E-state index contributed by atoms with van der Waals surface area (Å²) in [5, 5.41) is 11.8. The number of nitrogens with zero attached hydrogens (tertiary/aromatic N) is 3. The summed E-state index contributed by atoms with van der Waals surface area (Å²) in [5.41, 5.74) is 1.16. The van der Waals surface area contributed by atoms with Gasteiger partial charge in [0, 0.05) is 32.0 Å². The molecule has 100 valence electrons. The van der Waals surface area contributed by atoms with E-state index in [1.54, 1.807) is 17.3 Å². The highest BCUT2D eigenvalue weighted by molar-refractivity contribution is 5.74. The van der Waals surface area contributed by atoms with Crippen LogP contribution in [0.3, 0.4) is 0 Å². The van der Waals surface area contributed by atoms with Crippen LogP contribution in [0, 0.1) is 17.2 Å². The van der Waals surface area contributed by atoms with Crippen LogP contribution in [-0.4, -0.2) is 35.5 Å². The summed E-state index contributed by atoms with van der Waals surface area (Å²) in [6.45, 7) is 1.91. The molecule has 1 aliphatic rings. The molecule has 1 N–H and O–H groups in total. The molecule has 1 aromatic heterocycles. The quantitative estimate of drug-likeness (QED) is 0.894. The van der Waals surface area contributed by atoms with Gasteiger partial charge >= 0.3 is 6.03 Å². The number of likely N-dealkylation sites (tertiary alicyclic amines) is 1. The molecule has 5 nitrogen and oxygen atoms in total. The lowest BCUT2D eigenvalue weighted by Gasteiger charge is -2.29. The van der Waals surface area contributed by atoms with Gasteiger partial charge in [-0.25, -0.2) is 4.79 Å². The van der Waals surface area contributed by atoms with Gasteiger partial charge in [-0.1, -0.05) is 0 Å². The Hall–Kier alpha value is -2.09. The molecule has 0 bridgehead atoms. The lowest BCUT2D eigenvalue weighted by molar-refractivity contribution is 0.176. The zero-order chi connectivity index (χ0) is 13.5. The first-order valence-electron chi connectivity index (χ1n) is 6.61. The molecule has 1 fully saturated rings. The number of pyridine rings is 1. The van der Waals surface area contributed by atoms with Crippen LogP contribution >= 0.6 is 0 Å². The van der Waals surface area contributed by atoms with Crippen LogP contribution in [-0.2, 0) is 6.42 Å². The van der Waals surface area contributed by atoms with E-state index < -0.39 is 0 Å². The third-order valence-electron chi connectivity index (χ3n) is 3.33. The Labute approximate surface area is 113 Å². The molecule has 1 unspecified atom stereocenters. The van der Waals surface area contributed by atoms with Gasteiger partial charge in [-0.05, 0) is 37.0 Å². The van der Waals surface area contributed by atoms with Crippen LogP contribution in [0.2, 0.25) is 0 Å². The molecular weight excluding hydrogens is 240 g/mol. The Morgan fingerprint density at radius 1 is 1.53 bits per heavy atom. The van der Waals surface area contributed by atoms with Gasteiger partial charge in [0.2, 0.25) is 0 Å². The molecule has 1 atom stereocenters. The van der Waals surface area contributed by atoms with E-state index in [1.807, 2.05) is 12.1 Å². The molecule has 0 aromatic carbocycles. The first-order valence-corrected chi connectivity index (χ1v) is 6.61. The van der Waals surface area contributed by atoms with Crippen molar-refractivity contribution in [2.75, 3.05) is 19.6 Å². The summed E-state index contributed by atoms with van der Waals surface area (Å²) in [6.07, 6.45) is 6.11. The van der Waals surface area contributed by atoms with Crippen LogP contribution in [0.25, 0.3) is 0 Å². The minimum absolute atomic E-state index is 0.0142. The number of nitriles is 1. The van der Waals surface area contributed by atoms with Crippen LogP contribution in [0.4, 0.5) is 4.79 Å². The smallest absolute Gasteiger partial charge is 0.317 e. The molecule has 19 heavy (non-hydrogen) atoms. The van der Waals surface area contributed by atoms with Gasteiger partial charge in [-0.3, -0.25) is 4.98 Å². The van der Waals surface area contributed by atoms with E-state index in [1.165, 1.54) is 0 Å². The van der Waals surface area contributed by atoms with Crippen molar-refractivity contribution in [2.45, 2.75) is 19.3 Å². The number of piperidine rings is 1. The molecular formula is C14H18N4O. The van der Waals surface area contributed by atoms with Crippen molar-refractivity contribution in [3.63, 3.8) is 0 Å². The van der Waals surface area contributed by atoms with Crippen molar-refractivity contribution in [1.29, 1.82) is 5.26 Å². The summed E-state index contributed by atoms with van der Waals surface area (Å²) >= 11 is 0. The zero-order valence-electron chi connectivity index (χ0n) is 10.9. The Morgan fingerprint density at radius 2 is 2.32 bits per heavy atom. The van der Waals surface area contributed by atoms with E-state index in [0.29, 0.717) is 13.1 Å². The highest BCUT2D eigenvalue weighted by Gasteiger charge is 2.22. The molecule has 0 spiro atoms. The second-order valence-electron chi connectivity index (χ2n) is 4.75. The van der Waals surface area contributed by atoms with Crippen molar-refractivity contribution in [3.05, 3.63) is 30.1 Å². The maximum Gasteiger partial charge on any atom is 0.317 e. The molecule has 1 aliphatic heterocycles. The molecule has 0 aliphatic carbocycles. The van der Waals surface area contributed by atoms with Crippen LogP contribution < -0.4 is 5.32 Å². The van der Waals surface area contributed by atoms with E-state index in [9.17, 15) is 4.79 Å². The fraction of sp³-hybridized carbons (Fsp3) is 0.500. The maximum atomic E-state index is 11.9. The Kier molecular flexibility index (Phi) is 4.73. The number of amides is 2. The minimum atomic E-state index is -0.0611. The predicted molar refractivity (Wildman–Crippen MR) is 71.2 cm³/mol. The van der Waals surface area contributed by atoms with Gasteiger partial charge < -0.3 is 10.2 Å². The number of hydrogen-bond acceptors (Lipinski definition) is 3. The lowest BCUT2D eigenvalue weighted by atomic mass is 10.0. The van der Waals surface area contributed by atoms with E-state index in [2.05, 4.69) is 16.4 Å². The van der Waals surface area contributed by atoms with Gasteiger partial charge in [-0.15, -0.1) is 0 Å². The molecule has 2 rings (SSSR count). The van der Waals surface area contributed by atoms with Gasteiger partial charge in [0.05, 0.1) is 12.0 Å². The van der Waals surface area contributed by atoms with Gasteiger partial charge in [0.1, 0.15) is 0 Å². The summed E-state index contributed by atoms with van der Waals surface area (Å²) in [7, 11) is 0. The lowest BCUT2D eigenvalue weighted by Crippen LogP contribution is -2.45. The molecule has 5 heteroatoms. The normalized spacial score (nSPS) is 18.7. The topological polar surface area (TPSA) is 69.0 Å². The highest BCUT2D eigenvalue weighted by atomic mass is 16.2. The van der Waals surface area contributed by atoms with E-state index in [0.717, 1.165) is 31.4 Å². The number of urea groups is 1. The first kappa shape index (κ1) is 13.3. The fourth-order valence-corrected chi connectivity index (χ4v) is 2.24. The van der Waals surface area contributed by atoms with Gasteiger partial charge in [-0.2, -0.15) is 5.26 Å². The predicted octanol–water partition coefficient (Wildman–Crippen LogP) is 1.57. The van der Waals surface area contributed by atoms with E-state index in [4.69, 9.17) is 5.26 Å². The standard InChI is InChI=1S/C14H18N4O/c15-10-13-2-1-9-18(11-13)14(19)17-8-5-12-3-6-16-7-4-12/h3-4,6-7,13H,1-2,5,8-9,11H2,(H,17,19). The SMILES string of the molecule is N#CC1CCCN(C(=O)NCCc2ccncc2)C1. The van der Waals surface area contributed by atoms with Crippen LogP contribution in [0.5, 0.6) is 0 Å². The largest absolute Gasteiger partial charge is 0.338 e. The highest BCUT2D eigenvalue weighted by Crippen LogP contribution is 2.15. The summed E-state index contributed by atoms with van der Waals surface area (Å²) in [4.78, 5) is 17.6. The van der Waals surface area contributed by atoms with Crippen molar-refractivity contribution >= 4 is 6.03 Å². The van der Waals surface area contributed by atoms with Crippen molar-refractivity contribution in [2.24, 2.45) is 5.92 Å². The summed E-state index contributed by atoms with van der Waals surface area (Å²) in [6, 6.07) is 6.07. The number of rotatable bonds is 3. The average Bonchev–Trinajstić information content (AvgIpc) is 2.48. The Morgan fingerprint density at radius 3 is 3.05 bits per heavy atom. The minimum Gasteiger partial charge on any atom is -0.338 e. The second-order valence-corrected chi connectivity index (χ2v) is 4.75. The van der Waals surface area contributed by atoms with Crippen molar-refractivity contribution in [1.82, 2.24) is 15.2 Å². The van der Waals surface area contributed by atoms with E-state index in [-0.39, 0.29) is 11.9 Å². The van der Waals surface area contributed by atoms with Crippen molar-refractivity contribution in [3.8, 4) is 6.07 Å². The monoisotopic (exact) mass is 258 g/mol. The zero-order valence-corrected chi connectivity index (χ0v) is 10.9. The van der Waals surface area contributed by atoms with Gasteiger partial charge in [0.15, 0.2) is 0 Å². The second kappa shape index (κ2) is 6.74. The maximum absolute atomic E-state index is 11.9. The first-order chi connectivity index (χ1) is 9.29. The molecule has 0 saturated carbocycles. The Bertz CT molecular complexity index is 454. The molecule has 1 aromatic rings. The number of aromatic nitrogens is 1. The third kappa shape index (κ3) is 3.95. The molecule has 2 heterocycles. The van der Waals surface area contributed by atoms with Crippen LogP contribution in [0.15, 0.2) is 24.5 Å². The van der Waals surface area contributed by atoms with E-state index >= 15 is 0 Å². The average molecular weight is 258 g/mol. The molecule has 0 radical (unpaired) electrons. The number of nitrogens with one attached hydrogen (secondary N) is 1. The fourth-order valence-electron chi connectivity index (χ4n) is 2.24. The number of carbonyl (C=O) groups is 1. The summed E-state index contributed by atoms with van der Waals surface area (Å²) in [5.74, 6) is -0.0142. The molecule has 1 saturated heterocycles. The van der Waals surface area contributed by atoms with Crippen molar-refractivity contribution < 1.29 is 4.79 Å². The third-order valence-corrected chi connectivity index (χ3v) is 3.33. The Balaban J connectivity index is 1.74. The number of hydrogen-bond donors (Lipinski definition) is 1. The van der Waals surface area contributed by atoms with Crippen LogP contribution in [0.1, 0.15) is 18.4 Å². The summed E-state index contributed by atoms with van der Waals surface area (Å²) < 4.78 is 0. The number of carbonyl (C=O) groups excluding carboxylic acids is 1. The molecule has 2 amide bonds.